The summed E-state index contributed by atoms with van der Waals surface area (Å²) >= 11 is 0. The Kier molecular flexibility index (Phi) is 8.63. The van der Waals surface area contributed by atoms with Gasteiger partial charge in [-0.1, -0.05) is 39.0 Å². The molecule has 2 aromatic rings. The van der Waals surface area contributed by atoms with E-state index in [-0.39, 0.29) is 28.8 Å². The van der Waals surface area contributed by atoms with E-state index in [2.05, 4.69) is 38.8 Å². The molecule has 1 aliphatic rings. The summed E-state index contributed by atoms with van der Waals surface area (Å²) in [5.74, 6) is -0.534. The molecule has 1 aliphatic heterocycles. The predicted octanol–water partition coefficient (Wildman–Crippen LogP) is 6.44. The second kappa shape index (κ2) is 11.1. The van der Waals surface area contributed by atoms with Crippen LogP contribution in [0.4, 0.5) is 10.6 Å². The number of aromatic carboxylic acids is 1. The van der Waals surface area contributed by atoms with Crippen molar-refractivity contribution in [3.8, 4) is 0 Å². The SMILES string of the molecule is CC(C)(C)OC(=O)N1[C@H](Cc2ccc(C(=O)O)cc2)CC[C@@H]1[C@H](O[Si](C)(C)C(C)(C)C)c1ccc(N)nc1. The van der Waals surface area contributed by atoms with Crippen LogP contribution in [0, 0.1) is 0 Å². The van der Waals surface area contributed by atoms with E-state index in [1.807, 2.05) is 43.9 Å². The average Bonchev–Trinajstić information content (AvgIpc) is 3.20. The van der Waals surface area contributed by atoms with E-state index < -0.39 is 26.0 Å². The Morgan fingerprint density at radius 1 is 1.08 bits per heavy atom. The zero-order valence-corrected chi connectivity index (χ0v) is 24.9. The number of carboxylic acid groups (broad SMARTS) is 1. The van der Waals surface area contributed by atoms with Gasteiger partial charge >= 0.3 is 12.1 Å². The fourth-order valence-electron chi connectivity index (χ4n) is 4.51. The monoisotopic (exact) mass is 541 g/mol. The summed E-state index contributed by atoms with van der Waals surface area (Å²) in [5, 5.41) is 9.23. The molecule has 0 saturated carbocycles. The zero-order chi connectivity index (χ0) is 28.5. The van der Waals surface area contributed by atoms with Gasteiger partial charge in [-0.25, -0.2) is 14.6 Å². The number of carboxylic acids is 1. The number of amides is 1. The van der Waals surface area contributed by atoms with Crippen molar-refractivity contribution in [3.63, 3.8) is 0 Å². The largest absolute Gasteiger partial charge is 0.478 e. The maximum atomic E-state index is 13.7. The van der Waals surface area contributed by atoms with Crippen LogP contribution >= 0.6 is 0 Å². The van der Waals surface area contributed by atoms with Gasteiger partial charge in [0.2, 0.25) is 0 Å². The lowest BCUT2D eigenvalue weighted by atomic mass is 10.0. The molecule has 0 spiro atoms. The van der Waals surface area contributed by atoms with Crippen LogP contribution in [0.5, 0.6) is 0 Å². The molecule has 1 amide bonds. The van der Waals surface area contributed by atoms with Crippen molar-refractivity contribution in [2.24, 2.45) is 0 Å². The minimum absolute atomic E-state index is 0.0346. The predicted molar refractivity (Wildman–Crippen MR) is 152 cm³/mol. The van der Waals surface area contributed by atoms with E-state index in [0.717, 1.165) is 24.0 Å². The quantitative estimate of drug-likeness (QED) is 0.388. The van der Waals surface area contributed by atoms with Gasteiger partial charge in [0.05, 0.1) is 17.7 Å². The number of carbonyl (C=O) groups is 2. The van der Waals surface area contributed by atoms with Gasteiger partial charge in [-0.2, -0.15) is 0 Å². The van der Waals surface area contributed by atoms with Crippen molar-refractivity contribution in [1.82, 2.24) is 9.88 Å². The molecule has 1 fully saturated rings. The van der Waals surface area contributed by atoms with E-state index in [1.54, 1.807) is 24.4 Å². The molecule has 38 heavy (non-hydrogen) atoms. The molecular weight excluding hydrogens is 498 g/mol. The number of carbonyl (C=O) groups excluding carboxylic acids is 1. The second-order valence-electron chi connectivity index (χ2n) is 12.7. The number of aromatic nitrogens is 1. The first-order valence-corrected chi connectivity index (χ1v) is 16.1. The third-order valence-corrected chi connectivity index (χ3v) is 12.0. The number of ether oxygens (including phenoxy) is 1. The smallest absolute Gasteiger partial charge is 0.410 e. The molecular formula is C29H43N3O5Si. The molecule has 2 heterocycles. The van der Waals surface area contributed by atoms with Gasteiger partial charge in [0.1, 0.15) is 11.4 Å². The van der Waals surface area contributed by atoms with Gasteiger partial charge in [0.15, 0.2) is 8.32 Å². The number of nitrogen functional groups attached to an aromatic ring is 1. The van der Waals surface area contributed by atoms with Gasteiger partial charge in [-0.15, -0.1) is 0 Å². The Morgan fingerprint density at radius 2 is 1.71 bits per heavy atom. The average molecular weight is 542 g/mol. The van der Waals surface area contributed by atoms with Crippen LogP contribution in [0.3, 0.4) is 0 Å². The van der Waals surface area contributed by atoms with Gasteiger partial charge in [-0.3, -0.25) is 4.90 Å². The fraction of sp³-hybridized carbons (Fsp3) is 0.552. The van der Waals surface area contributed by atoms with E-state index in [9.17, 15) is 14.7 Å². The van der Waals surface area contributed by atoms with Crippen molar-refractivity contribution < 1.29 is 23.9 Å². The third-order valence-electron chi connectivity index (χ3n) is 7.54. The molecule has 1 saturated heterocycles. The third kappa shape index (κ3) is 7.14. The summed E-state index contributed by atoms with van der Waals surface area (Å²) in [4.78, 5) is 31.2. The zero-order valence-electron chi connectivity index (χ0n) is 23.9. The summed E-state index contributed by atoms with van der Waals surface area (Å²) in [6, 6.07) is 10.2. The number of hydrogen-bond donors (Lipinski definition) is 2. The standard InChI is InChI=1S/C29H43N3O5Si/c1-28(2,3)36-27(35)32-22(17-19-9-11-20(12-10-19)26(33)34)14-15-23(32)25(21-13-16-24(30)31-18-21)37-38(7,8)29(4,5)6/h9-13,16,18,22-23,25H,14-15,17H2,1-8H3,(H2,30,31)(H,33,34)/t22-,23+,25+/m0/s1. The molecule has 0 unspecified atom stereocenters. The maximum Gasteiger partial charge on any atom is 0.410 e. The van der Waals surface area contributed by atoms with Crippen LogP contribution in [-0.2, 0) is 15.6 Å². The van der Waals surface area contributed by atoms with Crippen LogP contribution in [0.2, 0.25) is 18.1 Å². The number of anilines is 1. The molecule has 9 heteroatoms. The maximum absolute atomic E-state index is 13.7. The highest BCUT2D eigenvalue weighted by Gasteiger charge is 2.47. The van der Waals surface area contributed by atoms with Crippen molar-refractivity contribution in [2.45, 2.75) is 103 Å². The van der Waals surface area contributed by atoms with Gasteiger partial charge in [0, 0.05) is 17.8 Å². The molecule has 0 bridgehead atoms. The van der Waals surface area contributed by atoms with E-state index in [1.165, 1.54) is 0 Å². The normalized spacial score (nSPS) is 19.3. The topological polar surface area (TPSA) is 115 Å². The van der Waals surface area contributed by atoms with Gasteiger partial charge in [0.25, 0.3) is 0 Å². The number of benzene rings is 1. The minimum atomic E-state index is -2.25. The Balaban J connectivity index is 2.01. The molecule has 3 atom stereocenters. The van der Waals surface area contributed by atoms with Crippen LogP contribution in [0.1, 0.15) is 82.0 Å². The summed E-state index contributed by atoms with van der Waals surface area (Å²) < 4.78 is 12.9. The lowest BCUT2D eigenvalue weighted by molar-refractivity contribution is -0.00244. The fourth-order valence-corrected chi connectivity index (χ4v) is 5.79. The first-order chi connectivity index (χ1) is 17.5. The summed E-state index contributed by atoms with van der Waals surface area (Å²) in [6.07, 6.45) is 3.07. The molecule has 0 radical (unpaired) electrons. The molecule has 3 rings (SSSR count). The van der Waals surface area contributed by atoms with E-state index >= 15 is 0 Å². The highest BCUT2D eigenvalue weighted by atomic mass is 28.4. The first kappa shape index (κ1) is 29.6. The number of likely N-dealkylation sites (tertiary alicyclic amines) is 1. The Morgan fingerprint density at radius 3 is 2.21 bits per heavy atom. The highest BCUT2D eigenvalue weighted by molar-refractivity contribution is 6.74. The molecule has 0 aliphatic carbocycles. The number of rotatable bonds is 7. The summed E-state index contributed by atoms with van der Waals surface area (Å²) in [6.45, 7) is 16.6. The summed E-state index contributed by atoms with van der Waals surface area (Å²) in [5.41, 5.74) is 7.32. The second-order valence-corrected chi connectivity index (χ2v) is 17.5. The van der Waals surface area contributed by atoms with Crippen LogP contribution in [0.15, 0.2) is 42.6 Å². The summed E-state index contributed by atoms with van der Waals surface area (Å²) in [7, 11) is -2.25. The molecule has 3 N–H and O–H groups in total. The molecule has 1 aromatic heterocycles. The Labute approximate surface area is 227 Å². The molecule has 1 aromatic carbocycles. The van der Waals surface area contributed by atoms with Crippen LogP contribution in [-0.4, -0.2) is 53.1 Å². The lowest BCUT2D eigenvalue weighted by Crippen LogP contribution is -2.50. The van der Waals surface area contributed by atoms with Crippen molar-refractivity contribution >= 4 is 26.2 Å². The van der Waals surface area contributed by atoms with Crippen LogP contribution < -0.4 is 5.73 Å². The lowest BCUT2D eigenvalue weighted by Gasteiger charge is -2.43. The first-order valence-electron chi connectivity index (χ1n) is 13.2. The van der Waals surface area contributed by atoms with Crippen molar-refractivity contribution in [1.29, 1.82) is 0 Å². The Bertz CT molecular complexity index is 1120. The minimum Gasteiger partial charge on any atom is -0.478 e. The number of pyridine rings is 1. The van der Waals surface area contributed by atoms with Crippen molar-refractivity contribution in [2.75, 3.05) is 5.73 Å². The number of hydrogen-bond acceptors (Lipinski definition) is 6. The van der Waals surface area contributed by atoms with E-state index in [4.69, 9.17) is 14.9 Å². The van der Waals surface area contributed by atoms with Crippen LogP contribution in [0.25, 0.3) is 0 Å². The van der Waals surface area contributed by atoms with E-state index in [0.29, 0.717) is 12.2 Å². The molecule has 8 nitrogen and oxygen atoms in total. The van der Waals surface area contributed by atoms with Crippen molar-refractivity contribution in [3.05, 3.63) is 59.3 Å². The molecule has 208 valence electrons. The Hall–Kier alpha value is -2.91. The van der Waals surface area contributed by atoms with Gasteiger partial charge < -0.3 is 20.0 Å². The highest BCUT2D eigenvalue weighted by Crippen LogP contribution is 2.44. The number of nitrogens with zero attached hydrogens (tertiary/aromatic N) is 2. The van der Waals surface area contributed by atoms with Gasteiger partial charge in [-0.05, 0) is 81.9 Å². The number of nitrogens with two attached hydrogens (primary N) is 1.